The molecule has 0 nitrogen and oxygen atoms in total. The van der Waals surface area contributed by atoms with Crippen molar-refractivity contribution >= 4 is 0 Å². The molecule has 0 fully saturated rings. The van der Waals surface area contributed by atoms with Crippen LogP contribution in [0.1, 0.15) is 20.3 Å². The largest absolute Gasteiger partial charge is 0.0998 e. The summed E-state index contributed by atoms with van der Waals surface area (Å²) in [6, 6.07) is 0. The predicted molar refractivity (Wildman–Crippen MR) is 38.5 cm³/mol. The normalized spacial score (nSPS) is 10.2. The molecule has 0 rings (SSSR count). The minimum atomic E-state index is 1.02. The molecular formula is C8H13. The molecule has 0 saturated heterocycles. The molecule has 0 amide bonds. The Hall–Kier alpha value is -0.520. The average molecular weight is 109 g/mol. The van der Waals surface area contributed by atoms with Gasteiger partial charge in [0, 0.05) is 0 Å². The molecule has 0 N–H and O–H groups in total. The van der Waals surface area contributed by atoms with Crippen molar-refractivity contribution in [2.45, 2.75) is 20.3 Å². The molecule has 0 aliphatic rings. The van der Waals surface area contributed by atoms with Gasteiger partial charge >= 0.3 is 0 Å². The van der Waals surface area contributed by atoms with Crippen LogP contribution in [0.3, 0.4) is 0 Å². The van der Waals surface area contributed by atoms with Crippen LogP contribution in [0.15, 0.2) is 24.3 Å². The van der Waals surface area contributed by atoms with Gasteiger partial charge in [0.1, 0.15) is 0 Å². The maximum Gasteiger partial charge on any atom is -0.0106 e. The number of hydrogen-bond donors (Lipinski definition) is 0. The first kappa shape index (κ1) is 7.48. The smallest absolute Gasteiger partial charge is 0.0106 e. The number of hydrogen-bond acceptors (Lipinski definition) is 0. The van der Waals surface area contributed by atoms with Crippen molar-refractivity contribution in [3.05, 3.63) is 30.7 Å². The second-order valence-corrected chi connectivity index (χ2v) is 1.86. The summed E-state index contributed by atoms with van der Waals surface area (Å²) in [5.41, 5.74) is 1.14. The van der Waals surface area contributed by atoms with Gasteiger partial charge in [-0.25, -0.2) is 0 Å². The molecule has 45 valence electrons. The van der Waals surface area contributed by atoms with Gasteiger partial charge in [-0.15, -0.1) is 0 Å². The second kappa shape index (κ2) is 4.63. The highest BCUT2D eigenvalue weighted by molar-refractivity contribution is 5.06. The lowest BCUT2D eigenvalue weighted by Gasteiger charge is -1.89. The van der Waals surface area contributed by atoms with E-state index in [9.17, 15) is 0 Å². The quantitative estimate of drug-likeness (QED) is 0.489. The predicted octanol–water partition coefficient (Wildman–Crippen LogP) is 2.73. The van der Waals surface area contributed by atoms with Crippen LogP contribution >= 0.6 is 0 Å². The molecule has 0 aromatic heterocycles. The Morgan fingerprint density at radius 2 is 2.25 bits per heavy atom. The number of rotatable bonds is 3. The van der Waals surface area contributed by atoms with Gasteiger partial charge in [-0.05, 0) is 26.7 Å². The standard InChI is InChI=1S/C8H13/c1-4-5-6-7-8(2)3/h4-5,7H,2,6H2,1,3H3. The molecule has 0 bridgehead atoms. The van der Waals surface area contributed by atoms with Crippen molar-refractivity contribution in [1.29, 1.82) is 0 Å². The fraction of sp³-hybridized carbons (Fsp3) is 0.375. The molecule has 0 aliphatic heterocycles. The molecule has 0 aromatic carbocycles. The zero-order valence-electron chi connectivity index (χ0n) is 5.65. The van der Waals surface area contributed by atoms with Crippen LogP contribution in [0.4, 0.5) is 0 Å². The molecule has 0 aromatic rings. The molecule has 0 spiro atoms. The van der Waals surface area contributed by atoms with Gasteiger partial charge < -0.3 is 0 Å². The van der Waals surface area contributed by atoms with Crippen molar-refractivity contribution in [3.8, 4) is 0 Å². The highest BCUT2D eigenvalue weighted by atomic mass is 13.9. The van der Waals surface area contributed by atoms with E-state index in [2.05, 4.69) is 19.1 Å². The van der Waals surface area contributed by atoms with Gasteiger partial charge in [0.25, 0.3) is 0 Å². The van der Waals surface area contributed by atoms with E-state index in [1.165, 1.54) is 0 Å². The van der Waals surface area contributed by atoms with E-state index in [1.807, 2.05) is 19.9 Å². The Bertz CT molecular complexity index is 88.2. The van der Waals surface area contributed by atoms with Crippen LogP contribution in [0, 0.1) is 6.42 Å². The van der Waals surface area contributed by atoms with E-state index in [4.69, 9.17) is 0 Å². The van der Waals surface area contributed by atoms with Crippen molar-refractivity contribution < 1.29 is 0 Å². The highest BCUT2D eigenvalue weighted by Gasteiger charge is 1.80. The lowest BCUT2D eigenvalue weighted by Crippen LogP contribution is -1.71. The van der Waals surface area contributed by atoms with Crippen molar-refractivity contribution in [1.82, 2.24) is 0 Å². The summed E-state index contributed by atoms with van der Waals surface area (Å²) in [6.07, 6.45) is 7.26. The average Bonchev–Trinajstić information content (AvgIpc) is 1.66. The van der Waals surface area contributed by atoms with Crippen LogP contribution in [0.2, 0.25) is 0 Å². The Kier molecular flexibility index (Phi) is 4.33. The van der Waals surface area contributed by atoms with Crippen molar-refractivity contribution in [2.24, 2.45) is 0 Å². The first-order chi connectivity index (χ1) is 3.77. The lowest BCUT2D eigenvalue weighted by atomic mass is 10.2. The third kappa shape index (κ3) is 5.48. The maximum atomic E-state index is 3.74. The number of allylic oxidation sites excluding steroid dienone is 3. The van der Waals surface area contributed by atoms with Crippen molar-refractivity contribution in [3.63, 3.8) is 0 Å². The summed E-state index contributed by atoms with van der Waals surface area (Å²) in [5, 5.41) is 0. The Morgan fingerprint density at radius 1 is 1.62 bits per heavy atom. The van der Waals surface area contributed by atoms with Gasteiger partial charge in [-0.1, -0.05) is 24.3 Å². The Balaban J connectivity index is 3.05. The zero-order chi connectivity index (χ0) is 6.41. The minimum absolute atomic E-state index is 1.02. The fourth-order valence-electron chi connectivity index (χ4n) is 0.405. The second-order valence-electron chi connectivity index (χ2n) is 1.86. The molecular weight excluding hydrogens is 96.1 g/mol. The Labute approximate surface area is 51.9 Å². The minimum Gasteiger partial charge on any atom is -0.0998 e. The van der Waals surface area contributed by atoms with E-state index in [1.54, 1.807) is 0 Å². The van der Waals surface area contributed by atoms with Gasteiger partial charge in [0.15, 0.2) is 0 Å². The molecule has 0 aliphatic carbocycles. The Morgan fingerprint density at radius 3 is 2.62 bits per heavy atom. The highest BCUT2D eigenvalue weighted by Crippen LogP contribution is 1.98. The van der Waals surface area contributed by atoms with E-state index in [0.717, 1.165) is 12.0 Å². The van der Waals surface area contributed by atoms with Crippen LogP contribution in [-0.2, 0) is 0 Å². The summed E-state index contributed by atoms with van der Waals surface area (Å²) in [7, 11) is 0. The van der Waals surface area contributed by atoms with E-state index in [-0.39, 0.29) is 0 Å². The maximum absolute atomic E-state index is 3.74. The summed E-state index contributed by atoms with van der Waals surface area (Å²) in [5.74, 6) is 0. The first-order valence-corrected chi connectivity index (χ1v) is 2.87. The van der Waals surface area contributed by atoms with Crippen molar-refractivity contribution in [2.75, 3.05) is 0 Å². The summed E-state index contributed by atoms with van der Waals surface area (Å²) >= 11 is 0. The lowest BCUT2D eigenvalue weighted by molar-refractivity contribution is 1.21. The van der Waals surface area contributed by atoms with Crippen LogP contribution in [0.5, 0.6) is 0 Å². The molecule has 0 unspecified atom stereocenters. The molecule has 8 heavy (non-hydrogen) atoms. The molecule has 0 heteroatoms. The van der Waals surface area contributed by atoms with E-state index < -0.39 is 0 Å². The monoisotopic (exact) mass is 109 g/mol. The first-order valence-electron chi connectivity index (χ1n) is 2.87. The molecule has 0 saturated carbocycles. The molecule has 0 atom stereocenters. The van der Waals surface area contributed by atoms with Gasteiger partial charge in [0.2, 0.25) is 0 Å². The molecule has 0 heterocycles. The SMILES string of the molecule is C=C(C)[CH]CC=CC. The van der Waals surface area contributed by atoms with E-state index >= 15 is 0 Å². The van der Waals surface area contributed by atoms with Crippen LogP contribution < -0.4 is 0 Å². The summed E-state index contributed by atoms with van der Waals surface area (Å²) < 4.78 is 0. The third-order valence-electron chi connectivity index (χ3n) is 0.838. The van der Waals surface area contributed by atoms with Gasteiger partial charge in [0.05, 0.1) is 0 Å². The fourth-order valence-corrected chi connectivity index (χ4v) is 0.405. The van der Waals surface area contributed by atoms with Gasteiger partial charge in [-0.2, -0.15) is 0 Å². The summed E-state index contributed by atoms with van der Waals surface area (Å²) in [6.45, 7) is 7.76. The van der Waals surface area contributed by atoms with E-state index in [0.29, 0.717) is 0 Å². The van der Waals surface area contributed by atoms with Gasteiger partial charge in [-0.3, -0.25) is 0 Å². The van der Waals surface area contributed by atoms with Crippen LogP contribution in [0.25, 0.3) is 0 Å². The topological polar surface area (TPSA) is 0 Å². The zero-order valence-corrected chi connectivity index (χ0v) is 5.65. The molecule has 1 radical (unpaired) electrons. The third-order valence-corrected chi connectivity index (χ3v) is 0.838. The summed E-state index contributed by atoms with van der Waals surface area (Å²) in [4.78, 5) is 0. The van der Waals surface area contributed by atoms with Crippen LogP contribution in [-0.4, -0.2) is 0 Å².